The van der Waals surface area contributed by atoms with Gasteiger partial charge in [-0.2, -0.15) is 0 Å². The predicted octanol–water partition coefficient (Wildman–Crippen LogP) is 3.81. The number of hydrogen-bond donors (Lipinski definition) is 1. The topological polar surface area (TPSA) is 20.2 Å². The smallest absolute Gasteiger partial charge is 0.0680 e. The fraction of sp³-hybridized carbons (Fsp3) is 0.556. The quantitative estimate of drug-likeness (QED) is 0.641. The van der Waals surface area contributed by atoms with Crippen molar-refractivity contribution < 1.29 is 5.11 Å². The molecule has 0 amide bonds. The summed E-state index contributed by atoms with van der Waals surface area (Å²) in [5.41, 5.74) is 1.36. The summed E-state index contributed by atoms with van der Waals surface area (Å²) in [6, 6.07) is 10.6. The monoisotopic (exact) mass is 256 g/mol. The van der Waals surface area contributed by atoms with Crippen LogP contribution >= 0.6 is 0 Å². The first-order chi connectivity index (χ1) is 9.31. The van der Waals surface area contributed by atoms with Crippen molar-refractivity contribution in [1.82, 2.24) is 0 Å². The Labute approximate surface area is 117 Å². The van der Waals surface area contributed by atoms with Gasteiger partial charge >= 0.3 is 0 Å². The summed E-state index contributed by atoms with van der Waals surface area (Å²) < 4.78 is 0. The number of hydrogen-bond acceptors (Lipinski definition) is 1. The highest BCUT2D eigenvalue weighted by molar-refractivity contribution is 5.18. The fourth-order valence-electron chi connectivity index (χ4n) is 2.87. The zero-order valence-corrected chi connectivity index (χ0v) is 11.8. The molecule has 1 N–H and O–H groups in total. The molecular weight excluding hydrogens is 232 g/mol. The molecule has 1 heteroatoms. The maximum Gasteiger partial charge on any atom is 0.0680 e. The first-order valence-electron chi connectivity index (χ1n) is 7.51. The van der Waals surface area contributed by atoms with Crippen molar-refractivity contribution in [2.24, 2.45) is 11.8 Å². The first kappa shape index (κ1) is 14.2. The second-order valence-corrected chi connectivity index (χ2v) is 5.54. The predicted molar refractivity (Wildman–Crippen MR) is 79.7 cm³/mol. The summed E-state index contributed by atoms with van der Waals surface area (Å²) in [6.07, 6.45) is 6.16. The molecule has 0 heterocycles. The van der Waals surface area contributed by atoms with Gasteiger partial charge in [0.1, 0.15) is 0 Å². The Kier molecular flexibility index (Phi) is 5.48. The van der Waals surface area contributed by atoms with E-state index in [-0.39, 0.29) is 12.0 Å². The van der Waals surface area contributed by atoms with Crippen LogP contribution in [0.15, 0.2) is 30.3 Å². The summed E-state index contributed by atoms with van der Waals surface area (Å²) in [7, 11) is 0. The molecule has 0 aliphatic heterocycles. The van der Waals surface area contributed by atoms with Gasteiger partial charge in [0.2, 0.25) is 0 Å². The minimum absolute atomic E-state index is 0.178. The molecule has 1 saturated carbocycles. The third kappa shape index (κ3) is 4.11. The fourth-order valence-corrected chi connectivity index (χ4v) is 2.87. The van der Waals surface area contributed by atoms with Crippen LogP contribution in [0.3, 0.4) is 0 Å². The SMILES string of the molecule is CCCCC#CC1C(O)CCC1Cc1ccccc1. The second-order valence-electron chi connectivity index (χ2n) is 5.54. The Morgan fingerprint density at radius 1 is 1.21 bits per heavy atom. The van der Waals surface area contributed by atoms with E-state index in [0.29, 0.717) is 5.92 Å². The summed E-state index contributed by atoms with van der Waals surface area (Å²) in [4.78, 5) is 0. The molecule has 3 unspecified atom stereocenters. The van der Waals surface area contributed by atoms with Crippen molar-refractivity contribution in [3.05, 3.63) is 35.9 Å². The average molecular weight is 256 g/mol. The standard InChI is InChI=1S/C18H24O/c1-2-3-4-8-11-17-16(12-13-18(17)19)14-15-9-6-5-7-10-15/h5-7,9-10,16-19H,2-4,12-14H2,1H3. The molecule has 1 nitrogen and oxygen atoms in total. The van der Waals surface area contributed by atoms with Gasteiger partial charge in [-0.15, -0.1) is 5.92 Å². The second kappa shape index (κ2) is 7.36. The van der Waals surface area contributed by atoms with Crippen LogP contribution in [0.5, 0.6) is 0 Å². The van der Waals surface area contributed by atoms with Gasteiger partial charge in [0.05, 0.1) is 6.10 Å². The first-order valence-corrected chi connectivity index (χ1v) is 7.51. The highest BCUT2D eigenvalue weighted by Gasteiger charge is 2.33. The van der Waals surface area contributed by atoms with Crippen molar-refractivity contribution in [2.45, 2.75) is 51.6 Å². The van der Waals surface area contributed by atoms with E-state index in [4.69, 9.17) is 0 Å². The van der Waals surface area contributed by atoms with Crippen LogP contribution in [-0.2, 0) is 6.42 Å². The zero-order chi connectivity index (χ0) is 13.5. The summed E-state index contributed by atoms with van der Waals surface area (Å²) in [5, 5.41) is 10.1. The van der Waals surface area contributed by atoms with Crippen molar-refractivity contribution >= 4 is 0 Å². The molecule has 102 valence electrons. The van der Waals surface area contributed by atoms with E-state index >= 15 is 0 Å². The van der Waals surface area contributed by atoms with E-state index in [1.54, 1.807) is 0 Å². The maximum atomic E-state index is 10.1. The van der Waals surface area contributed by atoms with E-state index in [9.17, 15) is 5.11 Å². The van der Waals surface area contributed by atoms with Crippen LogP contribution in [0.25, 0.3) is 0 Å². The van der Waals surface area contributed by atoms with Gasteiger partial charge in [-0.3, -0.25) is 0 Å². The number of benzene rings is 1. The van der Waals surface area contributed by atoms with Crippen LogP contribution < -0.4 is 0 Å². The number of aliphatic hydroxyl groups is 1. The highest BCUT2D eigenvalue weighted by Crippen LogP contribution is 2.34. The lowest BCUT2D eigenvalue weighted by molar-refractivity contribution is 0.146. The van der Waals surface area contributed by atoms with Crippen molar-refractivity contribution in [3.63, 3.8) is 0 Å². The van der Waals surface area contributed by atoms with E-state index < -0.39 is 0 Å². The number of rotatable bonds is 4. The van der Waals surface area contributed by atoms with E-state index in [0.717, 1.165) is 25.7 Å². The normalized spacial score (nSPS) is 25.9. The third-order valence-corrected chi connectivity index (χ3v) is 4.02. The molecule has 0 radical (unpaired) electrons. The Morgan fingerprint density at radius 2 is 2.00 bits per heavy atom. The molecule has 1 aromatic rings. The molecule has 3 atom stereocenters. The maximum absolute atomic E-state index is 10.1. The van der Waals surface area contributed by atoms with E-state index in [1.807, 2.05) is 0 Å². The summed E-state index contributed by atoms with van der Waals surface area (Å²) in [5.74, 6) is 7.30. The van der Waals surface area contributed by atoms with Gasteiger partial charge in [0.15, 0.2) is 0 Å². The molecule has 1 aromatic carbocycles. The Balaban J connectivity index is 1.96. The van der Waals surface area contributed by atoms with Gasteiger partial charge in [-0.1, -0.05) is 49.6 Å². The van der Waals surface area contributed by atoms with E-state index in [2.05, 4.69) is 49.1 Å². The lowest BCUT2D eigenvalue weighted by Gasteiger charge is -2.16. The molecule has 1 fully saturated rings. The number of unbranched alkanes of at least 4 members (excludes halogenated alkanes) is 2. The summed E-state index contributed by atoms with van der Waals surface area (Å²) >= 11 is 0. The van der Waals surface area contributed by atoms with Gasteiger partial charge in [0.25, 0.3) is 0 Å². The van der Waals surface area contributed by atoms with Crippen LogP contribution in [0.2, 0.25) is 0 Å². The van der Waals surface area contributed by atoms with Crippen molar-refractivity contribution in [3.8, 4) is 11.8 Å². The highest BCUT2D eigenvalue weighted by atomic mass is 16.3. The third-order valence-electron chi connectivity index (χ3n) is 4.02. The van der Waals surface area contributed by atoms with Crippen LogP contribution in [-0.4, -0.2) is 11.2 Å². The molecule has 0 saturated heterocycles. The zero-order valence-electron chi connectivity index (χ0n) is 11.8. The molecule has 19 heavy (non-hydrogen) atoms. The Hall–Kier alpha value is -1.26. The van der Waals surface area contributed by atoms with Crippen molar-refractivity contribution in [2.75, 3.05) is 0 Å². The Bertz CT molecular complexity index is 426. The minimum Gasteiger partial charge on any atom is -0.392 e. The molecular formula is C18H24O. The van der Waals surface area contributed by atoms with Gasteiger partial charge < -0.3 is 5.11 Å². The minimum atomic E-state index is -0.220. The molecule has 0 aromatic heterocycles. The molecule has 1 aliphatic rings. The summed E-state index contributed by atoms with van der Waals surface area (Å²) in [6.45, 7) is 2.18. The Morgan fingerprint density at radius 3 is 2.74 bits per heavy atom. The van der Waals surface area contributed by atoms with Gasteiger partial charge in [0, 0.05) is 12.3 Å². The lowest BCUT2D eigenvalue weighted by atomic mass is 9.89. The van der Waals surface area contributed by atoms with Crippen LogP contribution in [0, 0.1) is 23.7 Å². The average Bonchev–Trinajstić information content (AvgIpc) is 2.77. The lowest BCUT2D eigenvalue weighted by Crippen LogP contribution is -2.18. The van der Waals surface area contributed by atoms with Gasteiger partial charge in [-0.05, 0) is 37.2 Å². The van der Waals surface area contributed by atoms with Crippen LogP contribution in [0.4, 0.5) is 0 Å². The molecule has 2 rings (SSSR count). The van der Waals surface area contributed by atoms with Gasteiger partial charge in [-0.25, -0.2) is 0 Å². The van der Waals surface area contributed by atoms with E-state index in [1.165, 1.54) is 18.4 Å². The molecule has 0 bridgehead atoms. The van der Waals surface area contributed by atoms with Crippen molar-refractivity contribution in [1.29, 1.82) is 0 Å². The molecule has 0 spiro atoms. The largest absolute Gasteiger partial charge is 0.392 e. The molecule has 1 aliphatic carbocycles. The van der Waals surface area contributed by atoms with Crippen LogP contribution in [0.1, 0.15) is 44.6 Å². The number of aliphatic hydroxyl groups excluding tert-OH is 1.